The minimum Gasteiger partial charge on any atom is -0.311 e. The van der Waals surface area contributed by atoms with E-state index in [0.717, 1.165) is 0 Å². The Morgan fingerprint density at radius 2 is 0.796 bits per heavy atom. The van der Waals surface area contributed by atoms with E-state index in [4.69, 9.17) is 0 Å². The Hall–Kier alpha value is -5.58. The molecule has 3 aliphatic heterocycles. The van der Waals surface area contributed by atoms with Gasteiger partial charge >= 0.3 is 0 Å². The first-order valence-electron chi connectivity index (χ1n) is 19.6. The number of nitrogens with zero attached hydrogens (tertiary/aromatic N) is 2. The van der Waals surface area contributed by atoms with Gasteiger partial charge in [0.1, 0.15) is 8.07 Å². The second kappa shape index (κ2) is 9.93. The molecule has 0 radical (unpaired) electrons. The largest absolute Gasteiger partial charge is 0.311 e. The highest BCUT2D eigenvalue weighted by molar-refractivity contribution is 7.16. The molecular formula is C50H41BN2Si. The minimum absolute atomic E-state index is 0.0763. The average molecular weight is 709 g/mol. The van der Waals surface area contributed by atoms with Gasteiger partial charge in [-0.1, -0.05) is 142 Å². The van der Waals surface area contributed by atoms with Gasteiger partial charge < -0.3 is 9.80 Å². The molecule has 2 aliphatic carbocycles. The van der Waals surface area contributed by atoms with Crippen LogP contribution in [0.15, 0.2) is 140 Å². The fourth-order valence-corrected chi connectivity index (χ4v) is 14.7. The quantitative estimate of drug-likeness (QED) is 0.165. The molecule has 0 saturated carbocycles. The van der Waals surface area contributed by atoms with Crippen molar-refractivity contribution in [2.45, 2.75) is 51.6 Å². The van der Waals surface area contributed by atoms with Gasteiger partial charge in [0, 0.05) is 45.0 Å². The van der Waals surface area contributed by atoms with Crippen molar-refractivity contribution in [3.05, 3.63) is 162 Å². The summed E-state index contributed by atoms with van der Waals surface area (Å²) in [6.45, 7) is 14.9. The molecule has 0 spiro atoms. The lowest BCUT2D eigenvalue weighted by Gasteiger charge is -2.50. The van der Waals surface area contributed by atoms with Gasteiger partial charge in [0.25, 0.3) is 6.71 Å². The second-order valence-corrected chi connectivity index (χ2v) is 22.0. The van der Waals surface area contributed by atoms with Gasteiger partial charge in [-0.05, 0) is 109 Å². The molecule has 0 saturated heterocycles. The van der Waals surface area contributed by atoms with E-state index in [1.807, 2.05) is 0 Å². The van der Waals surface area contributed by atoms with Crippen LogP contribution in [-0.4, -0.2) is 14.8 Å². The molecule has 258 valence electrons. The van der Waals surface area contributed by atoms with Gasteiger partial charge in [-0.3, -0.25) is 0 Å². The maximum absolute atomic E-state index is 2.61. The lowest BCUT2D eigenvalue weighted by Crippen LogP contribution is -2.79. The second-order valence-electron chi connectivity index (χ2n) is 17.7. The number of anilines is 6. The molecule has 54 heavy (non-hydrogen) atoms. The maximum Gasteiger partial charge on any atom is 0.251 e. The van der Waals surface area contributed by atoms with Crippen LogP contribution in [0.1, 0.15) is 49.9 Å². The van der Waals surface area contributed by atoms with E-state index in [1.54, 1.807) is 10.4 Å². The SMILES string of the molecule is CC1(C)c2ccccc2-c2ccc(N3c4cccc5c4B4c6c3cccc6[Si](C)(C)c3cccc(c34)N5c3ccc4c(c3)C(C)(C)c3ccccc3-4)cc21. The van der Waals surface area contributed by atoms with Crippen LogP contribution in [0.5, 0.6) is 0 Å². The van der Waals surface area contributed by atoms with Gasteiger partial charge in [0.05, 0.1) is 0 Å². The topological polar surface area (TPSA) is 6.48 Å². The molecule has 5 aliphatic rings. The van der Waals surface area contributed by atoms with Crippen LogP contribution in [0.4, 0.5) is 34.1 Å². The molecule has 7 aromatic rings. The first-order valence-corrected chi connectivity index (χ1v) is 22.6. The zero-order chi connectivity index (χ0) is 36.5. The lowest BCUT2D eigenvalue weighted by molar-refractivity contribution is 0.660. The Morgan fingerprint density at radius 1 is 0.407 bits per heavy atom. The fourth-order valence-electron chi connectivity index (χ4n) is 11.5. The Kier molecular flexibility index (Phi) is 5.67. The normalized spacial score (nSPS) is 17.4. The van der Waals surface area contributed by atoms with Gasteiger partial charge in [-0.2, -0.15) is 0 Å². The van der Waals surface area contributed by atoms with Crippen LogP contribution in [0.25, 0.3) is 22.3 Å². The summed E-state index contributed by atoms with van der Waals surface area (Å²) in [5.74, 6) is 0. The third-order valence-corrected chi connectivity index (χ3v) is 17.6. The smallest absolute Gasteiger partial charge is 0.251 e. The molecule has 0 atom stereocenters. The summed E-state index contributed by atoms with van der Waals surface area (Å²) in [5, 5.41) is 3.14. The van der Waals surface area contributed by atoms with E-state index in [0.29, 0.717) is 0 Å². The van der Waals surface area contributed by atoms with E-state index < -0.39 is 8.07 Å². The van der Waals surface area contributed by atoms with Gasteiger partial charge in [-0.25, -0.2) is 0 Å². The molecule has 0 aromatic heterocycles. The highest BCUT2D eigenvalue weighted by Crippen LogP contribution is 2.53. The Balaban J connectivity index is 1.13. The van der Waals surface area contributed by atoms with E-state index in [9.17, 15) is 0 Å². The summed E-state index contributed by atoms with van der Waals surface area (Å²) < 4.78 is 0. The van der Waals surface area contributed by atoms with E-state index in [-0.39, 0.29) is 17.5 Å². The highest BCUT2D eigenvalue weighted by atomic mass is 28.3. The van der Waals surface area contributed by atoms with E-state index in [1.165, 1.54) is 95.0 Å². The van der Waals surface area contributed by atoms with Crippen molar-refractivity contribution < 1.29 is 0 Å². The summed E-state index contributed by atoms with van der Waals surface area (Å²) in [6.07, 6.45) is 0. The zero-order valence-corrected chi connectivity index (χ0v) is 32.8. The van der Waals surface area contributed by atoms with Gasteiger partial charge in [-0.15, -0.1) is 0 Å². The summed E-state index contributed by atoms with van der Waals surface area (Å²) in [6, 6.07) is 53.9. The van der Waals surface area contributed by atoms with E-state index >= 15 is 0 Å². The van der Waals surface area contributed by atoms with Crippen molar-refractivity contribution in [1.29, 1.82) is 0 Å². The molecule has 7 aromatic carbocycles. The van der Waals surface area contributed by atoms with Crippen LogP contribution in [-0.2, 0) is 10.8 Å². The molecule has 2 nitrogen and oxygen atoms in total. The van der Waals surface area contributed by atoms with Crippen LogP contribution < -0.4 is 36.6 Å². The number of benzene rings is 7. The Labute approximate surface area is 319 Å². The monoisotopic (exact) mass is 708 g/mol. The number of fused-ring (bicyclic) bond motifs is 6. The van der Waals surface area contributed by atoms with Gasteiger partial charge in [0.2, 0.25) is 0 Å². The average Bonchev–Trinajstić information content (AvgIpc) is 3.56. The lowest BCUT2D eigenvalue weighted by atomic mass is 9.33. The fraction of sp³-hybridized carbons (Fsp3) is 0.160. The van der Waals surface area contributed by atoms with Crippen LogP contribution in [0, 0.1) is 0 Å². The number of hydrogen-bond donors (Lipinski definition) is 0. The molecule has 0 amide bonds. The predicted octanol–water partition coefficient (Wildman–Crippen LogP) is 9.52. The van der Waals surface area contributed by atoms with Crippen molar-refractivity contribution in [1.82, 2.24) is 0 Å². The zero-order valence-electron chi connectivity index (χ0n) is 31.8. The summed E-state index contributed by atoms with van der Waals surface area (Å²) in [7, 11) is -2.09. The summed E-state index contributed by atoms with van der Waals surface area (Å²) >= 11 is 0. The number of hydrogen-bond acceptors (Lipinski definition) is 2. The third kappa shape index (κ3) is 3.54. The molecule has 12 rings (SSSR count). The van der Waals surface area contributed by atoms with Crippen LogP contribution in [0.3, 0.4) is 0 Å². The number of rotatable bonds is 2. The summed E-state index contributed by atoms with van der Waals surface area (Å²) in [4.78, 5) is 5.22. The maximum atomic E-state index is 2.61. The van der Waals surface area contributed by atoms with Crippen molar-refractivity contribution in [2.75, 3.05) is 9.80 Å². The molecule has 4 heteroatoms. The van der Waals surface area contributed by atoms with Crippen molar-refractivity contribution >= 4 is 75.7 Å². The first kappa shape index (κ1) is 30.8. The minimum atomic E-state index is -2.09. The summed E-state index contributed by atoms with van der Waals surface area (Å²) in [5.41, 5.74) is 23.1. The highest BCUT2D eigenvalue weighted by Gasteiger charge is 2.52. The molecule has 0 N–H and O–H groups in total. The Bertz CT molecular complexity index is 2660. The van der Waals surface area contributed by atoms with Crippen molar-refractivity contribution in [3.8, 4) is 22.3 Å². The predicted molar refractivity (Wildman–Crippen MR) is 232 cm³/mol. The molecule has 0 unspecified atom stereocenters. The van der Waals surface area contributed by atoms with Crippen molar-refractivity contribution in [2.24, 2.45) is 0 Å². The first-order chi connectivity index (χ1) is 26.1. The molecule has 0 bridgehead atoms. The van der Waals surface area contributed by atoms with Crippen LogP contribution >= 0.6 is 0 Å². The molecule has 3 heterocycles. The van der Waals surface area contributed by atoms with Gasteiger partial charge in [0.15, 0.2) is 0 Å². The standard InChI is InChI=1S/C50H41BN2Si/c1-49(2)36-16-9-7-14-32(36)34-26-24-30(28-38(34)49)52-40-18-11-19-41-46(40)51-47-42(52)20-12-22-44(47)54(5,6)45-23-13-21-43(48(45)51)53(41)31-25-27-35-33-15-8-10-17-37(33)50(3,4)39(35)29-31/h7-29H,1-6H3. The Morgan fingerprint density at radius 3 is 1.26 bits per heavy atom. The molecule has 0 fully saturated rings. The van der Waals surface area contributed by atoms with E-state index in [2.05, 4.69) is 190 Å². The van der Waals surface area contributed by atoms with Crippen LogP contribution in [0.2, 0.25) is 13.1 Å². The molecular weight excluding hydrogens is 667 g/mol. The van der Waals surface area contributed by atoms with Crippen molar-refractivity contribution in [3.63, 3.8) is 0 Å². The third-order valence-electron chi connectivity index (χ3n) is 14.1.